The second-order valence-corrected chi connectivity index (χ2v) is 8.54. The molecule has 0 amide bonds. The number of ether oxygens (including phenoxy) is 1. The van der Waals surface area contributed by atoms with E-state index in [1.165, 1.54) is 12.1 Å². The first-order valence-corrected chi connectivity index (χ1v) is 9.84. The van der Waals surface area contributed by atoms with Gasteiger partial charge in [-0.05, 0) is 36.5 Å². The molecular formula is C22H30FN3O2. The molecule has 0 bridgehead atoms. The van der Waals surface area contributed by atoms with Crippen LogP contribution >= 0.6 is 0 Å². The number of aliphatic hydroxyl groups is 1. The maximum atomic E-state index is 13.1. The third-order valence-electron chi connectivity index (χ3n) is 5.25. The Morgan fingerprint density at radius 1 is 1.18 bits per heavy atom. The Morgan fingerprint density at radius 3 is 2.39 bits per heavy atom. The van der Waals surface area contributed by atoms with Gasteiger partial charge < -0.3 is 14.7 Å². The molecule has 1 saturated heterocycles. The number of hydrogen-bond donors (Lipinski definition) is 1. The zero-order valence-electron chi connectivity index (χ0n) is 17.2. The summed E-state index contributed by atoms with van der Waals surface area (Å²) in [7, 11) is 1.67. The molecule has 1 aliphatic rings. The molecule has 0 saturated carbocycles. The van der Waals surface area contributed by atoms with Crippen molar-refractivity contribution < 1.29 is 14.2 Å². The molecule has 28 heavy (non-hydrogen) atoms. The fourth-order valence-electron chi connectivity index (χ4n) is 3.58. The molecule has 1 atom stereocenters. The number of rotatable bonds is 5. The highest BCUT2D eigenvalue weighted by Gasteiger charge is 2.28. The van der Waals surface area contributed by atoms with E-state index >= 15 is 0 Å². The van der Waals surface area contributed by atoms with Gasteiger partial charge in [0.2, 0.25) is 0 Å². The van der Waals surface area contributed by atoms with Crippen LogP contribution in [0.15, 0.2) is 30.3 Å². The van der Waals surface area contributed by atoms with Gasteiger partial charge >= 0.3 is 0 Å². The Kier molecular flexibility index (Phi) is 6.30. The predicted molar refractivity (Wildman–Crippen MR) is 108 cm³/mol. The third kappa shape index (κ3) is 4.86. The van der Waals surface area contributed by atoms with E-state index in [9.17, 15) is 9.50 Å². The van der Waals surface area contributed by atoms with Gasteiger partial charge in [0.1, 0.15) is 17.5 Å². The molecule has 2 aromatic rings. The van der Waals surface area contributed by atoms with Crippen molar-refractivity contribution in [3.05, 3.63) is 53.2 Å². The van der Waals surface area contributed by atoms with Crippen LogP contribution in [0.25, 0.3) is 0 Å². The number of anilines is 1. The predicted octanol–water partition coefficient (Wildman–Crippen LogP) is 4.01. The summed E-state index contributed by atoms with van der Waals surface area (Å²) < 4.78 is 18.4. The van der Waals surface area contributed by atoms with Gasteiger partial charge in [-0.3, -0.25) is 0 Å². The normalized spacial score (nSPS) is 17.0. The number of piperidine rings is 1. The standard InChI is InChI=1S/C22H30FN3O2/c1-22(2,3)21-24-18(14-28-4)13-19(25-21)26-11-9-16(10-12-26)20(27)15-5-7-17(23)8-6-15/h5-8,13,16,20,27H,9-12,14H2,1-4H3. The largest absolute Gasteiger partial charge is 0.388 e. The number of hydrogen-bond acceptors (Lipinski definition) is 5. The molecule has 0 aliphatic carbocycles. The van der Waals surface area contributed by atoms with E-state index in [4.69, 9.17) is 9.72 Å². The van der Waals surface area contributed by atoms with Crippen LogP contribution in [0.4, 0.5) is 10.2 Å². The molecule has 1 aliphatic heterocycles. The molecule has 1 N–H and O–H groups in total. The Labute approximate surface area is 166 Å². The third-order valence-corrected chi connectivity index (χ3v) is 5.25. The zero-order chi connectivity index (χ0) is 20.3. The van der Waals surface area contributed by atoms with Crippen molar-refractivity contribution in [2.75, 3.05) is 25.1 Å². The molecular weight excluding hydrogens is 357 g/mol. The maximum Gasteiger partial charge on any atom is 0.136 e. The van der Waals surface area contributed by atoms with E-state index < -0.39 is 6.10 Å². The second-order valence-electron chi connectivity index (χ2n) is 8.54. The summed E-state index contributed by atoms with van der Waals surface area (Å²) in [4.78, 5) is 11.7. The maximum absolute atomic E-state index is 13.1. The molecule has 152 valence electrons. The Balaban J connectivity index is 1.72. The lowest BCUT2D eigenvalue weighted by Crippen LogP contribution is -2.36. The van der Waals surface area contributed by atoms with Crippen LogP contribution in [0.5, 0.6) is 0 Å². The van der Waals surface area contributed by atoms with Crippen LogP contribution in [-0.2, 0) is 16.8 Å². The number of benzene rings is 1. The molecule has 3 rings (SSSR count). The van der Waals surface area contributed by atoms with Crippen molar-refractivity contribution in [1.82, 2.24) is 9.97 Å². The summed E-state index contributed by atoms with van der Waals surface area (Å²) >= 11 is 0. The minimum Gasteiger partial charge on any atom is -0.388 e. The van der Waals surface area contributed by atoms with E-state index in [1.807, 2.05) is 6.07 Å². The summed E-state index contributed by atoms with van der Waals surface area (Å²) in [5.74, 6) is 1.60. The highest BCUT2D eigenvalue weighted by molar-refractivity contribution is 5.41. The first-order valence-electron chi connectivity index (χ1n) is 9.84. The second kappa shape index (κ2) is 8.53. The molecule has 1 aromatic heterocycles. The van der Waals surface area contributed by atoms with Crippen LogP contribution in [0.3, 0.4) is 0 Å². The SMILES string of the molecule is COCc1cc(N2CCC(C(O)c3ccc(F)cc3)CC2)nc(C(C)(C)C)n1. The zero-order valence-corrected chi connectivity index (χ0v) is 17.2. The average molecular weight is 387 g/mol. The van der Waals surface area contributed by atoms with Crippen molar-refractivity contribution in [2.45, 2.75) is 51.7 Å². The smallest absolute Gasteiger partial charge is 0.136 e. The molecule has 6 heteroatoms. The van der Waals surface area contributed by atoms with Gasteiger partial charge in [-0.2, -0.15) is 0 Å². The Morgan fingerprint density at radius 2 is 1.82 bits per heavy atom. The number of halogens is 1. The van der Waals surface area contributed by atoms with Crippen molar-refractivity contribution in [2.24, 2.45) is 5.92 Å². The van der Waals surface area contributed by atoms with E-state index in [1.54, 1.807) is 19.2 Å². The van der Waals surface area contributed by atoms with E-state index in [0.29, 0.717) is 6.61 Å². The number of aliphatic hydroxyl groups excluding tert-OH is 1. The molecule has 1 unspecified atom stereocenters. The van der Waals surface area contributed by atoms with Gasteiger partial charge in [-0.15, -0.1) is 0 Å². The molecule has 1 fully saturated rings. The van der Waals surface area contributed by atoms with E-state index in [-0.39, 0.29) is 17.2 Å². The topological polar surface area (TPSA) is 58.5 Å². The van der Waals surface area contributed by atoms with E-state index in [2.05, 4.69) is 30.7 Å². The van der Waals surface area contributed by atoms with Crippen LogP contribution < -0.4 is 4.90 Å². The molecule has 0 spiro atoms. The van der Waals surface area contributed by atoms with E-state index in [0.717, 1.165) is 48.8 Å². The van der Waals surface area contributed by atoms with Gasteiger partial charge in [0, 0.05) is 31.7 Å². The van der Waals surface area contributed by atoms with Crippen molar-refractivity contribution in [3.63, 3.8) is 0 Å². The fraction of sp³-hybridized carbons (Fsp3) is 0.545. The van der Waals surface area contributed by atoms with Crippen molar-refractivity contribution >= 4 is 5.82 Å². The van der Waals surface area contributed by atoms with Crippen molar-refractivity contribution in [3.8, 4) is 0 Å². The lowest BCUT2D eigenvalue weighted by Gasteiger charge is -2.35. The lowest BCUT2D eigenvalue weighted by atomic mass is 9.87. The van der Waals surface area contributed by atoms with Crippen LogP contribution in [0.1, 0.15) is 56.8 Å². The van der Waals surface area contributed by atoms with Crippen LogP contribution in [-0.4, -0.2) is 35.3 Å². The fourth-order valence-corrected chi connectivity index (χ4v) is 3.58. The molecule has 5 nitrogen and oxygen atoms in total. The lowest BCUT2D eigenvalue weighted by molar-refractivity contribution is 0.0928. The van der Waals surface area contributed by atoms with Crippen LogP contribution in [0, 0.1) is 11.7 Å². The Bertz CT molecular complexity index is 781. The average Bonchev–Trinajstić information content (AvgIpc) is 2.67. The summed E-state index contributed by atoms with van der Waals surface area (Å²) in [5, 5.41) is 10.7. The summed E-state index contributed by atoms with van der Waals surface area (Å²) in [5.41, 5.74) is 1.51. The molecule has 2 heterocycles. The van der Waals surface area contributed by atoms with Gasteiger partial charge in [-0.25, -0.2) is 14.4 Å². The monoisotopic (exact) mass is 387 g/mol. The highest BCUT2D eigenvalue weighted by atomic mass is 19.1. The number of aromatic nitrogens is 2. The molecule has 1 aromatic carbocycles. The first kappa shape index (κ1) is 20.7. The summed E-state index contributed by atoms with van der Waals surface area (Å²) in [6.45, 7) is 8.40. The minimum atomic E-state index is -0.567. The number of nitrogens with zero attached hydrogens (tertiary/aromatic N) is 3. The van der Waals surface area contributed by atoms with Gasteiger partial charge in [0.25, 0.3) is 0 Å². The van der Waals surface area contributed by atoms with Gasteiger partial charge in [0.15, 0.2) is 0 Å². The van der Waals surface area contributed by atoms with Crippen LogP contribution in [0.2, 0.25) is 0 Å². The minimum absolute atomic E-state index is 0.143. The highest BCUT2D eigenvalue weighted by Crippen LogP contribution is 2.33. The quantitative estimate of drug-likeness (QED) is 0.840. The Hall–Kier alpha value is -2.05. The van der Waals surface area contributed by atoms with Gasteiger partial charge in [0.05, 0.1) is 18.4 Å². The van der Waals surface area contributed by atoms with Gasteiger partial charge in [-0.1, -0.05) is 32.9 Å². The number of methoxy groups -OCH3 is 1. The van der Waals surface area contributed by atoms with Crippen molar-refractivity contribution in [1.29, 1.82) is 0 Å². The summed E-state index contributed by atoms with van der Waals surface area (Å²) in [6.07, 6.45) is 1.14. The molecule has 0 radical (unpaired) electrons. The first-order chi connectivity index (χ1) is 13.3. The summed E-state index contributed by atoms with van der Waals surface area (Å²) in [6, 6.07) is 8.14.